The van der Waals surface area contributed by atoms with Crippen molar-refractivity contribution in [3.63, 3.8) is 0 Å². The molecule has 5 saturated carbocycles. The van der Waals surface area contributed by atoms with Crippen molar-refractivity contribution >= 4 is 0 Å². The SMILES string of the molecule is C/C=C1/[C@H]([C@H](O)c2ccco2)C[C@H]2[C@@H]3C[C@@H](OC)[C@]45C[C@H]4CC[C@]5(C)[C@H]3CC[C@]12C. The molecule has 5 aliphatic carbocycles. The van der Waals surface area contributed by atoms with E-state index in [1.807, 2.05) is 19.2 Å². The largest absolute Gasteiger partial charge is 0.467 e. The van der Waals surface area contributed by atoms with Crippen LogP contribution in [0.3, 0.4) is 0 Å². The van der Waals surface area contributed by atoms with Crippen molar-refractivity contribution in [1.82, 2.24) is 0 Å². The number of hydrogen-bond acceptors (Lipinski definition) is 3. The standard InChI is InChI=1S/C27H38O3/c1-5-19-18(24(28)22-7-6-12-30-22)13-21-17-14-23(29-4)27-15-16(27)8-11-26(27,3)20(17)9-10-25(19,21)2/h5-7,12,16-18,20-21,23-24,28H,8-11,13-15H2,1-4H3/b19-5-/t16-,17-,18-,20+,21+,23-,24+,25-,26-,27+/m1/s1. The van der Waals surface area contributed by atoms with Crippen molar-refractivity contribution < 1.29 is 14.3 Å². The molecule has 1 aromatic heterocycles. The predicted octanol–water partition coefficient (Wildman–Crippen LogP) is 6.15. The number of ether oxygens (including phenoxy) is 1. The van der Waals surface area contributed by atoms with E-state index >= 15 is 0 Å². The first-order valence-corrected chi connectivity index (χ1v) is 12.3. The highest BCUT2D eigenvalue weighted by Gasteiger charge is 2.77. The molecule has 3 heteroatoms. The van der Waals surface area contributed by atoms with E-state index in [9.17, 15) is 5.11 Å². The van der Waals surface area contributed by atoms with E-state index in [-0.39, 0.29) is 11.3 Å². The number of methoxy groups -OCH3 is 1. The Bertz CT molecular complexity index is 857. The first kappa shape index (κ1) is 19.6. The normalized spacial score (nSPS) is 53.7. The summed E-state index contributed by atoms with van der Waals surface area (Å²) in [4.78, 5) is 0. The fraction of sp³-hybridized carbons (Fsp3) is 0.778. The van der Waals surface area contributed by atoms with Crippen LogP contribution in [0.4, 0.5) is 0 Å². The lowest BCUT2D eigenvalue weighted by molar-refractivity contribution is -0.152. The number of aliphatic hydroxyl groups is 1. The quantitative estimate of drug-likeness (QED) is 0.608. The van der Waals surface area contributed by atoms with Crippen LogP contribution in [0.1, 0.15) is 77.6 Å². The van der Waals surface area contributed by atoms with Gasteiger partial charge >= 0.3 is 0 Å². The van der Waals surface area contributed by atoms with E-state index in [2.05, 4.69) is 26.8 Å². The summed E-state index contributed by atoms with van der Waals surface area (Å²) in [6, 6.07) is 3.83. The van der Waals surface area contributed by atoms with E-state index in [4.69, 9.17) is 9.15 Å². The molecular weight excluding hydrogens is 372 g/mol. The Kier molecular flexibility index (Phi) is 4.09. The summed E-state index contributed by atoms with van der Waals surface area (Å²) in [6.07, 6.45) is 13.1. The minimum atomic E-state index is -0.532. The van der Waals surface area contributed by atoms with Crippen molar-refractivity contribution in [3.8, 4) is 0 Å². The van der Waals surface area contributed by atoms with Gasteiger partial charge in [-0.2, -0.15) is 0 Å². The average Bonchev–Trinajstić information content (AvgIpc) is 3.06. The van der Waals surface area contributed by atoms with Crippen molar-refractivity contribution in [2.75, 3.05) is 7.11 Å². The third-order valence-corrected chi connectivity index (χ3v) is 11.3. The summed E-state index contributed by atoms with van der Waals surface area (Å²) < 4.78 is 11.9. The van der Waals surface area contributed by atoms with Crippen molar-refractivity contribution in [3.05, 3.63) is 35.8 Å². The predicted molar refractivity (Wildman–Crippen MR) is 117 cm³/mol. The highest BCUT2D eigenvalue weighted by molar-refractivity contribution is 5.32. The fourth-order valence-electron chi connectivity index (χ4n) is 10.0. The smallest absolute Gasteiger partial charge is 0.132 e. The molecule has 0 bridgehead atoms. The molecule has 0 aromatic carbocycles. The molecule has 0 unspecified atom stereocenters. The Morgan fingerprint density at radius 2 is 2.03 bits per heavy atom. The van der Waals surface area contributed by atoms with Gasteiger partial charge in [0.2, 0.25) is 0 Å². The third-order valence-electron chi connectivity index (χ3n) is 11.3. The van der Waals surface area contributed by atoms with E-state index in [0.29, 0.717) is 28.8 Å². The summed E-state index contributed by atoms with van der Waals surface area (Å²) in [5.41, 5.74) is 2.61. The molecule has 164 valence electrons. The van der Waals surface area contributed by atoms with Gasteiger partial charge in [0.05, 0.1) is 12.4 Å². The highest BCUT2D eigenvalue weighted by Crippen LogP contribution is 2.82. The lowest BCUT2D eigenvalue weighted by Crippen LogP contribution is -2.56. The van der Waals surface area contributed by atoms with Crippen molar-refractivity contribution in [2.24, 2.45) is 45.8 Å². The van der Waals surface area contributed by atoms with Gasteiger partial charge in [-0.3, -0.25) is 0 Å². The molecule has 3 nitrogen and oxygen atoms in total. The van der Waals surface area contributed by atoms with Gasteiger partial charge in [0.25, 0.3) is 0 Å². The maximum atomic E-state index is 11.3. The average molecular weight is 411 g/mol. The molecule has 6 rings (SSSR count). The lowest BCUT2D eigenvalue weighted by atomic mass is 9.46. The van der Waals surface area contributed by atoms with Crippen LogP contribution >= 0.6 is 0 Å². The van der Waals surface area contributed by atoms with Gasteiger partial charge in [-0.1, -0.05) is 25.5 Å². The van der Waals surface area contributed by atoms with E-state index in [0.717, 1.165) is 24.0 Å². The summed E-state index contributed by atoms with van der Waals surface area (Å²) >= 11 is 0. The van der Waals surface area contributed by atoms with Crippen LogP contribution in [0.2, 0.25) is 0 Å². The minimum absolute atomic E-state index is 0.178. The molecule has 0 amide bonds. The van der Waals surface area contributed by atoms with Crippen LogP contribution in [0.5, 0.6) is 0 Å². The molecule has 0 aliphatic heterocycles. The first-order chi connectivity index (χ1) is 14.4. The Morgan fingerprint density at radius 3 is 2.70 bits per heavy atom. The molecule has 10 atom stereocenters. The van der Waals surface area contributed by atoms with Gasteiger partial charge in [-0.05, 0) is 98.5 Å². The van der Waals surface area contributed by atoms with Gasteiger partial charge in [0.1, 0.15) is 11.9 Å². The third kappa shape index (κ3) is 2.14. The summed E-state index contributed by atoms with van der Waals surface area (Å²) in [7, 11) is 1.96. The second-order valence-corrected chi connectivity index (χ2v) is 11.7. The van der Waals surface area contributed by atoms with Crippen LogP contribution < -0.4 is 0 Å². The second-order valence-electron chi connectivity index (χ2n) is 11.7. The summed E-state index contributed by atoms with van der Waals surface area (Å²) in [5.74, 6) is 4.00. The minimum Gasteiger partial charge on any atom is -0.467 e. The first-order valence-electron chi connectivity index (χ1n) is 12.3. The molecule has 1 aromatic rings. The maximum absolute atomic E-state index is 11.3. The summed E-state index contributed by atoms with van der Waals surface area (Å²) in [5, 5.41) is 11.3. The lowest BCUT2D eigenvalue weighted by Gasteiger charge is -2.60. The Hall–Kier alpha value is -1.06. The molecule has 1 spiro atoms. The molecular formula is C27H38O3. The molecule has 5 fully saturated rings. The van der Waals surface area contributed by atoms with E-state index in [1.165, 1.54) is 44.1 Å². The Balaban J connectivity index is 1.37. The zero-order valence-electron chi connectivity index (χ0n) is 19.1. The molecule has 30 heavy (non-hydrogen) atoms. The number of furan rings is 1. The van der Waals surface area contributed by atoms with E-state index in [1.54, 1.807) is 6.26 Å². The molecule has 1 N–H and O–H groups in total. The molecule has 0 saturated heterocycles. The van der Waals surface area contributed by atoms with E-state index < -0.39 is 6.10 Å². The molecule has 1 heterocycles. The number of allylic oxidation sites excluding steroid dienone is 1. The van der Waals surface area contributed by atoms with Gasteiger partial charge < -0.3 is 14.3 Å². The Labute approximate surface area is 181 Å². The number of rotatable bonds is 3. The van der Waals surface area contributed by atoms with Gasteiger partial charge in [0.15, 0.2) is 0 Å². The fourth-order valence-corrected chi connectivity index (χ4v) is 10.0. The van der Waals surface area contributed by atoms with Gasteiger partial charge in [-0.15, -0.1) is 0 Å². The summed E-state index contributed by atoms with van der Waals surface area (Å²) in [6.45, 7) is 7.31. The van der Waals surface area contributed by atoms with Gasteiger partial charge in [0, 0.05) is 18.4 Å². The van der Waals surface area contributed by atoms with Crippen LogP contribution in [0, 0.1) is 45.8 Å². The van der Waals surface area contributed by atoms with Crippen molar-refractivity contribution in [2.45, 2.75) is 77.9 Å². The maximum Gasteiger partial charge on any atom is 0.132 e. The Morgan fingerprint density at radius 1 is 1.20 bits per heavy atom. The van der Waals surface area contributed by atoms with Crippen LogP contribution in [-0.2, 0) is 4.74 Å². The van der Waals surface area contributed by atoms with Crippen LogP contribution in [0.25, 0.3) is 0 Å². The molecule has 5 aliphatic rings. The van der Waals surface area contributed by atoms with Crippen LogP contribution in [-0.4, -0.2) is 18.3 Å². The number of aliphatic hydroxyl groups excluding tert-OH is 1. The molecule has 0 radical (unpaired) electrons. The van der Waals surface area contributed by atoms with Crippen molar-refractivity contribution in [1.29, 1.82) is 0 Å². The van der Waals surface area contributed by atoms with Gasteiger partial charge in [-0.25, -0.2) is 0 Å². The number of fused-ring (bicyclic) bond motifs is 4. The zero-order valence-corrected chi connectivity index (χ0v) is 19.1. The highest BCUT2D eigenvalue weighted by atomic mass is 16.5. The second kappa shape index (κ2) is 6.25. The topological polar surface area (TPSA) is 42.6 Å². The van der Waals surface area contributed by atoms with Crippen LogP contribution in [0.15, 0.2) is 34.5 Å². The zero-order chi connectivity index (χ0) is 20.9. The number of hydrogen-bond donors (Lipinski definition) is 1. The monoisotopic (exact) mass is 410 g/mol.